The van der Waals surface area contributed by atoms with Gasteiger partial charge >= 0.3 is 0 Å². The second-order valence-corrected chi connectivity index (χ2v) is 3.46. The smallest absolute Gasteiger partial charge is 0.119 e. The lowest BCUT2D eigenvalue weighted by Crippen LogP contribution is -2.09. The first-order valence-electron chi connectivity index (χ1n) is 5.27. The molecule has 0 bridgehead atoms. The van der Waals surface area contributed by atoms with E-state index >= 15 is 0 Å². The summed E-state index contributed by atoms with van der Waals surface area (Å²) in [5, 5.41) is 7.11. The van der Waals surface area contributed by atoms with Gasteiger partial charge in [-0.25, -0.2) is 0 Å². The van der Waals surface area contributed by atoms with Crippen LogP contribution in [0, 0.1) is 5.41 Å². The van der Waals surface area contributed by atoms with Gasteiger partial charge in [-0.15, -0.1) is 0 Å². The summed E-state index contributed by atoms with van der Waals surface area (Å²) < 4.78 is 5.35. The highest BCUT2D eigenvalue weighted by Crippen LogP contribution is 2.13. The summed E-state index contributed by atoms with van der Waals surface area (Å²) in [7, 11) is 0. The molecule has 1 rings (SSSR count). The van der Waals surface area contributed by atoms with Gasteiger partial charge in [0.25, 0.3) is 0 Å². The molecule has 0 fully saturated rings. The number of aryl methyl sites for hydroxylation is 1. The van der Waals surface area contributed by atoms with Crippen LogP contribution in [-0.2, 0) is 6.42 Å². The average Bonchev–Trinajstić information content (AvgIpc) is 2.20. The van der Waals surface area contributed by atoms with Gasteiger partial charge in [-0.05, 0) is 37.5 Å². The third kappa shape index (κ3) is 4.49. The van der Waals surface area contributed by atoms with Crippen molar-refractivity contribution < 1.29 is 4.74 Å². The standard InChI is InChI=1S/C12H18N2O/c1-2-15-11-8-6-10(7-9-11)4-3-5-12(13)14/h6-9H,2-5H2,1H3,(H3,13,14). The molecular weight excluding hydrogens is 188 g/mol. The van der Waals surface area contributed by atoms with Gasteiger partial charge in [-0.2, -0.15) is 0 Å². The van der Waals surface area contributed by atoms with Gasteiger partial charge in [0.1, 0.15) is 5.75 Å². The van der Waals surface area contributed by atoms with Crippen LogP contribution in [0.2, 0.25) is 0 Å². The number of ether oxygens (including phenoxy) is 1. The van der Waals surface area contributed by atoms with Gasteiger partial charge in [0.05, 0.1) is 12.4 Å². The van der Waals surface area contributed by atoms with E-state index in [2.05, 4.69) is 12.1 Å². The van der Waals surface area contributed by atoms with Crippen LogP contribution in [0.4, 0.5) is 0 Å². The van der Waals surface area contributed by atoms with Crippen molar-refractivity contribution in [1.82, 2.24) is 0 Å². The zero-order chi connectivity index (χ0) is 11.1. The van der Waals surface area contributed by atoms with Crippen molar-refractivity contribution in [2.24, 2.45) is 5.73 Å². The second-order valence-electron chi connectivity index (χ2n) is 3.46. The molecule has 0 amide bonds. The van der Waals surface area contributed by atoms with E-state index in [9.17, 15) is 0 Å². The maximum atomic E-state index is 7.11. The van der Waals surface area contributed by atoms with Crippen molar-refractivity contribution in [2.45, 2.75) is 26.2 Å². The maximum Gasteiger partial charge on any atom is 0.119 e. The van der Waals surface area contributed by atoms with Crippen LogP contribution in [0.25, 0.3) is 0 Å². The molecule has 0 heterocycles. The molecule has 3 heteroatoms. The molecule has 1 aromatic carbocycles. The molecule has 3 N–H and O–H groups in total. The Morgan fingerprint density at radius 2 is 2.00 bits per heavy atom. The Morgan fingerprint density at radius 3 is 2.53 bits per heavy atom. The Labute approximate surface area is 90.8 Å². The zero-order valence-electron chi connectivity index (χ0n) is 9.12. The summed E-state index contributed by atoms with van der Waals surface area (Å²) in [5.41, 5.74) is 6.55. The highest BCUT2D eigenvalue weighted by molar-refractivity contribution is 5.76. The lowest BCUT2D eigenvalue weighted by Gasteiger charge is -2.04. The molecule has 0 aromatic heterocycles. The van der Waals surface area contributed by atoms with Gasteiger partial charge in [-0.3, -0.25) is 5.41 Å². The average molecular weight is 206 g/mol. The van der Waals surface area contributed by atoms with Crippen LogP contribution in [0.15, 0.2) is 24.3 Å². The quantitative estimate of drug-likeness (QED) is 0.554. The van der Waals surface area contributed by atoms with Gasteiger partial charge in [-0.1, -0.05) is 12.1 Å². The zero-order valence-corrected chi connectivity index (χ0v) is 9.12. The Hall–Kier alpha value is -1.51. The van der Waals surface area contributed by atoms with Crippen LogP contribution < -0.4 is 10.5 Å². The fourth-order valence-electron chi connectivity index (χ4n) is 1.40. The molecule has 0 saturated heterocycles. The van der Waals surface area contributed by atoms with E-state index in [1.807, 2.05) is 19.1 Å². The molecule has 82 valence electrons. The number of amidine groups is 1. The second kappa shape index (κ2) is 6.06. The van der Waals surface area contributed by atoms with E-state index in [-0.39, 0.29) is 5.84 Å². The highest BCUT2D eigenvalue weighted by Gasteiger charge is 1.96. The predicted octanol–water partition coefficient (Wildman–Crippen LogP) is 2.34. The van der Waals surface area contributed by atoms with Crippen LogP contribution >= 0.6 is 0 Å². The monoisotopic (exact) mass is 206 g/mol. The number of hydrogen-bond acceptors (Lipinski definition) is 2. The van der Waals surface area contributed by atoms with Gasteiger partial charge < -0.3 is 10.5 Å². The Morgan fingerprint density at radius 1 is 1.33 bits per heavy atom. The maximum absolute atomic E-state index is 7.11. The third-order valence-electron chi connectivity index (χ3n) is 2.15. The fraction of sp³-hybridized carbons (Fsp3) is 0.417. The summed E-state index contributed by atoms with van der Waals surface area (Å²) in [6, 6.07) is 8.08. The highest BCUT2D eigenvalue weighted by atomic mass is 16.5. The number of hydrogen-bond donors (Lipinski definition) is 2. The van der Waals surface area contributed by atoms with Gasteiger partial charge in [0, 0.05) is 6.42 Å². The first-order chi connectivity index (χ1) is 7.22. The third-order valence-corrected chi connectivity index (χ3v) is 2.15. The first kappa shape index (κ1) is 11.6. The van der Waals surface area contributed by atoms with E-state index in [0.29, 0.717) is 13.0 Å². The Balaban J connectivity index is 2.39. The number of nitrogens with two attached hydrogens (primary N) is 1. The molecule has 0 saturated carbocycles. The summed E-state index contributed by atoms with van der Waals surface area (Å²) in [6.45, 7) is 2.67. The minimum atomic E-state index is 0.265. The predicted molar refractivity (Wildman–Crippen MR) is 62.5 cm³/mol. The van der Waals surface area contributed by atoms with E-state index in [4.69, 9.17) is 15.9 Å². The molecule has 0 spiro atoms. The van der Waals surface area contributed by atoms with Crippen LogP contribution in [-0.4, -0.2) is 12.4 Å². The van der Waals surface area contributed by atoms with Gasteiger partial charge in [0.15, 0.2) is 0 Å². The van der Waals surface area contributed by atoms with Crippen molar-refractivity contribution in [3.63, 3.8) is 0 Å². The summed E-state index contributed by atoms with van der Waals surface area (Å²) in [4.78, 5) is 0. The fourth-order valence-corrected chi connectivity index (χ4v) is 1.40. The van der Waals surface area contributed by atoms with E-state index in [0.717, 1.165) is 18.6 Å². The van der Waals surface area contributed by atoms with Crippen molar-refractivity contribution in [2.75, 3.05) is 6.61 Å². The lowest BCUT2D eigenvalue weighted by molar-refractivity contribution is 0.340. The summed E-state index contributed by atoms with van der Waals surface area (Å²) in [6.07, 6.45) is 2.57. The lowest BCUT2D eigenvalue weighted by atomic mass is 10.1. The Bertz CT molecular complexity index is 306. The van der Waals surface area contributed by atoms with E-state index in [1.54, 1.807) is 0 Å². The normalized spacial score (nSPS) is 9.93. The van der Waals surface area contributed by atoms with Crippen molar-refractivity contribution >= 4 is 5.84 Å². The Kier molecular flexibility index (Phi) is 4.68. The van der Waals surface area contributed by atoms with Crippen LogP contribution in [0.1, 0.15) is 25.3 Å². The van der Waals surface area contributed by atoms with Crippen LogP contribution in [0.3, 0.4) is 0 Å². The van der Waals surface area contributed by atoms with Crippen LogP contribution in [0.5, 0.6) is 5.75 Å². The topological polar surface area (TPSA) is 59.1 Å². The largest absolute Gasteiger partial charge is 0.494 e. The summed E-state index contributed by atoms with van der Waals surface area (Å²) >= 11 is 0. The number of nitrogens with one attached hydrogen (secondary N) is 1. The number of rotatable bonds is 6. The molecule has 15 heavy (non-hydrogen) atoms. The summed E-state index contributed by atoms with van der Waals surface area (Å²) in [5.74, 6) is 1.17. The molecule has 0 atom stereocenters. The molecule has 3 nitrogen and oxygen atoms in total. The first-order valence-corrected chi connectivity index (χ1v) is 5.27. The van der Waals surface area contributed by atoms with Crippen molar-refractivity contribution in [3.8, 4) is 5.75 Å². The minimum Gasteiger partial charge on any atom is -0.494 e. The van der Waals surface area contributed by atoms with E-state index in [1.165, 1.54) is 5.56 Å². The molecule has 0 aliphatic carbocycles. The molecular formula is C12H18N2O. The molecule has 0 aliphatic heterocycles. The number of benzene rings is 1. The van der Waals surface area contributed by atoms with Gasteiger partial charge in [0.2, 0.25) is 0 Å². The van der Waals surface area contributed by atoms with Crippen molar-refractivity contribution in [3.05, 3.63) is 29.8 Å². The minimum absolute atomic E-state index is 0.265. The molecule has 0 unspecified atom stereocenters. The van der Waals surface area contributed by atoms with Crippen molar-refractivity contribution in [1.29, 1.82) is 5.41 Å². The molecule has 1 aromatic rings. The van der Waals surface area contributed by atoms with E-state index < -0.39 is 0 Å². The SMILES string of the molecule is CCOc1ccc(CCCC(=N)N)cc1. The molecule has 0 radical (unpaired) electrons. The molecule has 0 aliphatic rings.